The molecule has 1 amide bonds. The fourth-order valence-corrected chi connectivity index (χ4v) is 3.33. The molecule has 24 heavy (non-hydrogen) atoms. The van der Waals surface area contributed by atoms with Crippen molar-refractivity contribution in [2.24, 2.45) is 0 Å². The van der Waals surface area contributed by atoms with Crippen LogP contribution in [0.3, 0.4) is 0 Å². The number of rotatable bonds is 7. The number of benzene rings is 1. The minimum atomic E-state index is -0.0690. The molecule has 0 aliphatic heterocycles. The highest BCUT2D eigenvalue weighted by molar-refractivity contribution is 8.01. The second kappa shape index (κ2) is 8.34. The number of amides is 1. The van der Waals surface area contributed by atoms with Gasteiger partial charge in [-0.2, -0.15) is 0 Å². The van der Waals surface area contributed by atoms with Gasteiger partial charge in [-0.1, -0.05) is 56.0 Å². The first-order valence-electron chi connectivity index (χ1n) is 7.56. The number of carbonyl (C=O) groups is 1. The van der Waals surface area contributed by atoms with E-state index in [4.69, 9.17) is 10.5 Å². The van der Waals surface area contributed by atoms with Crippen molar-refractivity contribution in [2.45, 2.75) is 30.5 Å². The predicted octanol–water partition coefficient (Wildman–Crippen LogP) is 2.71. The standard InChI is InChI=1S/C16H22N4O2S2/c1-16(2,3)11-4-6-12(7-5-11)22-9-8-18-13(21)10-23-15-20-19-14(17)24-15/h4-7H,8-10H2,1-3H3,(H2,17,19)(H,18,21). The lowest BCUT2D eigenvalue weighted by Crippen LogP contribution is -2.29. The maximum atomic E-state index is 11.7. The number of hydrogen-bond acceptors (Lipinski definition) is 7. The van der Waals surface area contributed by atoms with E-state index in [0.29, 0.717) is 22.6 Å². The predicted molar refractivity (Wildman–Crippen MR) is 98.7 cm³/mol. The van der Waals surface area contributed by atoms with Crippen molar-refractivity contribution in [1.29, 1.82) is 0 Å². The Morgan fingerprint density at radius 1 is 1.29 bits per heavy atom. The van der Waals surface area contributed by atoms with Gasteiger partial charge in [0.15, 0.2) is 4.34 Å². The minimum absolute atomic E-state index is 0.0690. The van der Waals surface area contributed by atoms with E-state index in [1.807, 2.05) is 12.1 Å². The summed E-state index contributed by atoms with van der Waals surface area (Å²) >= 11 is 2.59. The Balaban J connectivity index is 1.64. The Hall–Kier alpha value is -1.80. The molecule has 0 aliphatic rings. The summed E-state index contributed by atoms with van der Waals surface area (Å²) in [5.74, 6) is 1.02. The molecule has 0 fully saturated rings. The summed E-state index contributed by atoms with van der Waals surface area (Å²) in [6.45, 7) is 7.40. The van der Waals surface area contributed by atoms with Crippen LogP contribution < -0.4 is 15.8 Å². The van der Waals surface area contributed by atoms with Gasteiger partial charge < -0.3 is 15.8 Å². The van der Waals surface area contributed by atoms with Crippen LogP contribution in [0.25, 0.3) is 0 Å². The minimum Gasteiger partial charge on any atom is -0.492 e. The lowest BCUT2D eigenvalue weighted by molar-refractivity contribution is -0.118. The Morgan fingerprint density at radius 2 is 2.00 bits per heavy atom. The highest BCUT2D eigenvalue weighted by Crippen LogP contribution is 2.24. The molecular formula is C16H22N4O2S2. The van der Waals surface area contributed by atoms with Crippen molar-refractivity contribution in [2.75, 3.05) is 24.6 Å². The summed E-state index contributed by atoms with van der Waals surface area (Å²) in [6, 6.07) is 8.05. The van der Waals surface area contributed by atoms with E-state index in [1.54, 1.807) is 0 Å². The van der Waals surface area contributed by atoms with E-state index in [0.717, 1.165) is 5.75 Å². The largest absolute Gasteiger partial charge is 0.492 e. The molecule has 1 aromatic carbocycles. The normalized spacial score (nSPS) is 11.3. The van der Waals surface area contributed by atoms with Crippen LogP contribution in [0.5, 0.6) is 5.75 Å². The summed E-state index contributed by atoms with van der Waals surface area (Å²) < 4.78 is 6.32. The number of nitrogens with one attached hydrogen (secondary N) is 1. The van der Waals surface area contributed by atoms with Gasteiger partial charge in [-0.25, -0.2) is 0 Å². The second-order valence-corrected chi connectivity index (χ2v) is 8.40. The zero-order valence-electron chi connectivity index (χ0n) is 14.0. The molecule has 6 nitrogen and oxygen atoms in total. The van der Waals surface area contributed by atoms with E-state index in [2.05, 4.69) is 48.4 Å². The van der Waals surface area contributed by atoms with E-state index >= 15 is 0 Å². The summed E-state index contributed by atoms with van der Waals surface area (Å²) in [5, 5.41) is 10.8. The molecule has 0 atom stereocenters. The highest BCUT2D eigenvalue weighted by Gasteiger charge is 2.13. The van der Waals surface area contributed by atoms with Crippen molar-refractivity contribution in [1.82, 2.24) is 15.5 Å². The number of ether oxygens (including phenoxy) is 1. The Labute approximate surface area is 150 Å². The van der Waals surface area contributed by atoms with E-state index < -0.39 is 0 Å². The van der Waals surface area contributed by atoms with Gasteiger partial charge in [0.1, 0.15) is 12.4 Å². The van der Waals surface area contributed by atoms with Gasteiger partial charge in [-0.3, -0.25) is 4.79 Å². The molecular weight excluding hydrogens is 344 g/mol. The molecule has 0 saturated carbocycles. The number of carbonyl (C=O) groups excluding carboxylic acids is 1. The maximum absolute atomic E-state index is 11.7. The lowest BCUT2D eigenvalue weighted by atomic mass is 9.87. The van der Waals surface area contributed by atoms with Crippen LogP contribution in [-0.4, -0.2) is 35.0 Å². The molecule has 1 aromatic heterocycles. The number of aromatic nitrogens is 2. The van der Waals surface area contributed by atoms with Crippen LogP contribution in [0.15, 0.2) is 28.6 Å². The van der Waals surface area contributed by atoms with Crippen LogP contribution in [-0.2, 0) is 10.2 Å². The lowest BCUT2D eigenvalue weighted by Gasteiger charge is -2.19. The third-order valence-electron chi connectivity index (χ3n) is 3.16. The number of anilines is 1. The molecule has 2 rings (SSSR count). The first-order chi connectivity index (χ1) is 11.3. The maximum Gasteiger partial charge on any atom is 0.230 e. The molecule has 0 unspecified atom stereocenters. The molecule has 0 saturated heterocycles. The van der Waals surface area contributed by atoms with Gasteiger partial charge in [0, 0.05) is 0 Å². The number of thioether (sulfide) groups is 1. The molecule has 130 valence electrons. The molecule has 3 N–H and O–H groups in total. The molecule has 0 bridgehead atoms. The first-order valence-corrected chi connectivity index (χ1v) is 9.36. The number of hydrogen-bond donors (Lipinski definition) is 2. The van der Waals surface area contributed by atoms with E-state index in [9.17, 15) is 4.79 Å². The number of nitrogens with two attached hydrogens (primary N) is 1. The van der Waals surface area contributed by atoms with Crippen LogP contribution in [0.4, 0.5) is 5.13 Å². The van der Waals surface area contributed by atoms with Gasteiger partial charge in [0.2, 0.25) is 11.0 Å². The Morgan fingerprint density at radius 3 is 2.58 bits per heavy atom. The van der Waals surface area contributed by atoms with Crippen molar-refractivity contribution < 1.29 is 9.53 Å². The topological polar surface area (TPSA) is 90.1 Å². The van der Waals surface area contributed by atoms with E-state index in [1.165, 1.54) is 28.7 Å². The van der Waals surface area contributed by atoms with Gasteiger partial charge in [-0.15, -0.1) is 10.2 Å². The monoisotopic (exact) mass is 366 g/mol. The summed E-state index contributed by atoms with van der Waals surface area (Å²) in [5.41, 5.74) is 6.87. The van der Waals surface area contributed by atoms with Gasteiger partial charge >= 0.3 is 0 Å². The van der Waals surface area contributed by atoms with Gasteiger partial charge in [-0.05, 0) is 23.1 Å². The molecule has 0 aliphatic carbocycles. The van der Waals surface area contributed by atoms with E-state index in [-0.39, 0.29) is 17.1 Å². The SMILES string of the molecule is CC(C)(C)c1ccc(OCCNC(=O)CSc2nnc(N)s2)cc1. The smallest absolute Gasteiger partial charge is 0.230 e. The van der Waals surface area contributed by atoms with Gasteiger partial charge in [0.05, 0.1) is 12.3 Å². The average molecular weight is 367 g/mol. The van der Waals surface area contributed by atoms with Gasteiger partial charge in [0.25, 0.3) is 0 Å². The zero-order valence-corrected chi connectivity index (χ0v) is 15.7. The number of nitrogen functional groups attached to an aromatic ring is 1. The van der Waals surface area contributed by atoms with Crippen molar-refractivity contribution in [3.63, 3.8) is 0 Å². The molecule has 1 heterocycles. The van der Waals surface area contributed by atoms with Crippen molar-refractivity contribution in [3.8, 4) is 5.75 Å². The van der Waals surface area contributed by atoms with Crippen LogP contribution in [0, 0.1) is 0 Å². The molecule has 0 radical (unpaired) electrons. The van der Waals surface area contributed by atoms with Crippen LogP contribution >= 0.6 is 23.1 Å². The zero-order chi connectivity index (χ0) is 17.6. The first kappa shape index (κ1) is 18.5. The third kappa shape index (κ3) is 6.01. The Bertz CT molecular complexity index is 665. The summed E-state index contributed by atoms with van der Waals surface area (Å²) in [4.78, 5) is 11.7. The van der Waals surface area contributed by atoms with Crippen LogP contribution in [0.1, 0.15) is 26.3 Å². The third-order valence-corrected chi connectivity index (χ3v) is 5.05. The molecule has 0 spiro atoms. The highest BCUT2D eigenvalue weighted by atomic mass is 32.2. The summed E-state index contributed by atoms with van der Waals surface area (Å²) in [7, 11) is 0. The van der Waals surface area contributed by atoms with Crippen molar-refractivity contribution in [3.05, 3.63) is 29.8 Å². The second-order valence-electron chi connectivity index (χ2n) is 6.17. The average Bonchev–Trinajstić information content (AvgIpc) is 2.95. The molecule has 8 heteroatoms. The Kier molecular flexibility index (Phi) is 6.44. The van der Waals surface area contributed by atoms with Crippen molar-refractivity contribution >= 4 is 34.1 Å². The fourth-order valence-electron chi connectivity index (χ4n) is 1.87. The molecule has 2 aromatic rings. The summed E-state index contributed by atoms with van der Waals surface area (Å²) in [6.07, 6.45) is 0. The fraction of sp³-hybridized carbons (Fsp3) is 0.438. The quantitative estimate of drug-likeness (QED) is 0.578. The number of nitrogens with zero attached hydrogens (tertiary/aromatic N) is 2. The van der Waals surface area contributed by atoms with Crippen LogP contribution in [0.2, 0.25) is 0 Å².